The average Bonchev–Trinajstić information content (AvgIpc) is 2.29. The monoisotopic (exact) mass is 233 g/mol. The Morgan fingerprint density at radius 2 is 2.12 bits per heavy atom. The predicted octanol–water partition coefficient (Wildman–Crippen LogP) is 3.56. The molecule has 1 aromatic carbocycles. The van der Waals surface area contributed by atoms with Gasteiger partial charge in [-0.15, -0.1) is 11.3 Å². The minimum Gasteiger partial charge on any atom is -0.267 e. The molecule has 0 bridgehead atoms. The van der Waals surface area contributed by atoms with Crippen molar-refractivity contribution in [3.05, 3.63) is 39.6 Å². The molecule has 3 heteroatoms. The quantitative estimate of drug-likeness (QED) is 0.811. The van der Waals surface area contributed by atoms with Crippen molar-refractivity contribution in [1.82, 2.24) is 4.98 Å². The predicted molar refractivity (Wildman–Crippen MR) is 69.2 cm³/mol. The Hall–Kier alpha value is -1.22. The van der Waals surface area contributed by atoms with Crippen molar-refractivity contribution in [1.29, 1.82) is 0 Å². The molecule has 2 nitrogen and oxygen atoms in total. The molecule has 0 spiro atoms. The van der Waals surface area contributed by atoms with E-state index < -0.39 is 0 Å². The molecular weight excluding hydrogens is 218 g/mol. The summed E-state index contributed by atoms with van der Waals surface area (Å²) in [6.45, 7) is 4.29. The van der Waals surface area contributed by atoms with Crippen LogP contribution in [0.4, 0.5) is 0 Å². The summed E-state index contributed by atoms with van der Waals surface area (Å²) in [7, 11) is 0. The van der Waals surface area contributed by atoms with Gasteiger partial charge in [0, 0.05) is 10.6 Å². The molecule has 2 aromatic rings. The van der Waals surface area contributed by atoms with Gasteiger partial charge in [-0.25, -0.2) is 4.98 Å². The first-order valence-electron chi connectivity index (χ1n) is 5.62. The number of hydrogen-bond donors (Lipinski definition) is 0. The van der Waals surface area contributed by atoms with Gasteiger partial charge >= 0.3 is 0 Å². The standard InChI is InChI=1S/C13H15NOS/c1-3-6-9(2)13-14-12(15)10-7-4-5-8-11(10)16-13/h4-5,7-9H,3,6H2,1-2H3. The zero-order valence-electron chi connectivity index (χ0n) is 9.56. The van der Waals surface area contributed by atoms with Crippen LogP contribution in [0.2, 0.25) is 0 Å². The number of fused-ring (bicyclic) bond motifs is 1. The molecule has 0 fully saturated rings. The van der Waals surface area contributed by atoms with E-state index in [4.69, 9.17) is 0 Å². The van der Waals surface area contributed by atoms with Crippen molar-refractivity contribution in [3.63, 3.8) is 0 Å². The van der Waals surface area contributed by atoms with Crippen LogP contribution in [0.5, 0.6) is 0 Å². The van der Waals surface area contributed by atoms with Crippen LogP contribution < -0.4 is 5.56 Å². The second-order valence-corrected chi connectivity index (χ2v) is 5.11. The van der Waals surface area contributed by atoms with Gasteiger partial charge in [0.2, 0.25) is 0 Å². The summed E-state index contributed by atoms with van der Waals surface area (Å²) in [5.74, 6) is 0.382. The highest BCUT2D eigenvalue weighted by Crippen LogP contribution is 2.25. The van der Waals surface area contributed by atoms with E-state index in [0.29, 0.717) is 5.92 Å². The molecule has 2 rings (SSSR count). The van der Waals surface area contributed by atoms with Gasteiger partial charge in [-0.3, -0.25) is 4.79 Å². The highest BCUT2D eigenvalue weighted by Gasteiger charge is 2.10. The van der Waals surface area contributed by atoms with Gasteiger partial charge < -0.3 is 0 Å². The van der Waals surface area contributed by atoms with Crippen LogP contribution in [-0.4, -0.2) is 4.98 Å². The lowest BCUT2D eigenvalue weighted by molar-refractivity contribution is 0.658. The maximum atomic E-state index is 11.8. The van der Waals surface area contributed by atoms with Crippen molar-refractivity contribution in [2.45, 2.75) is 32.6 Å². The van der Waals surface area contributed by atoms with Gasteiger partial charge in [0.15, 0.2) is 0 Å². The molecule has 16 heavy (non-hydrogen) atoms. The molecule has 0 aliphatic carbocycles. The van der Waals surface area contributed by atoms with Crippen LogP contribution in [0.3, 0.4) is 0 Å². The Labute approximate surface area is 99.0 Å². The highest BCUT2D eigenvalue weighted by molar-refractivity contribution is 7.18. The number of nitrogens with zero attached hydrogens (tertiary/aromatic N) is 1. The molecule has 1 heterocycles. The zero-order chi connectivity index (χ0) is 11.5. The van der Waals surface area contributed by atoms with Crippen molar-refractivity contribution in [3.8, 4) is 0 Å². The Balaban J connectivity index is 2.54. The molecule has 84 valence electrons. The third-order valence-corrected chi connectivity index (χ3v) is 3.97. The van der Waals surface area contributed by atoms with E-state index in [0.717, 1.165) is 27.9 Å². The van der Waals surface area contributed by atoms with Crippen LogP contribution in [0, 0.1) is 0 Å². The fraction of sp³-hybridized carbons (Fsp3) is 0.385. The maximum absolute atomic E-state index is 11.8. The lowest BCUT2D eigenvalue weighted by Gasteiger charge is -2.08. The largest absolute Gasteiger partial charge is 0.279 e. The second-order valence-electron chi connectivity index (χ2n) is 4.04. The molecule has 1 atom stereocenters. The first-order valence-corrected chi connectivity index (χ1v) is 6.43. The topological polar surface area (TPSA) is 30.0 Å². The van der Waals surface area contributed by atoms with Gasteiger partial charge in [-0.05, 0) is 18.6 Å². The van der Waals surface area contributed by atoms with Crippen molar-refractivity contribution in [2.75, 3.05) is 0 Å². The number of hydrogen-bond acceptors (Lipinski definition) is 3. The number of benzene rings is 1. The number of rotatable bonds is 3. The summed E-state index contributed by atoms with van der Waals surface area (Å²) in [5.41, 5.74) is -0.0905. The van der Waals surface area contributed by atoms with Gasteiger partial charge in [0.05, 0.1) is 5.39 Å². The third-order valence-electron chi connectivity index (χ3n) is 2.69. The molecule has 1 unspecified atom stereocenters. The SMILES string of the molecule is CCCC(C)c1nc(=O)c2ccccc2s1. The first kappa shape index (κ1) is 11.3. The zero-order valence-corrected chi connectivity index (χ0v) is 10.4. The van der Waals surface area contributed by atoms with Crippen molar-refractivity contribution in [2.24, 2.45) is 0 Å². The molecule has 0 aliphatic rings. The van der Waals surface area contributed by atoms with Gasteiger partial charge in [0.1, 0.15) is 5.01 Å². The van der Waals surface area contributed by atoms with E-state index in [2.05, 4.69) is 18.8 Å². The van der Waals surface area contributed by atoms with E-state index >= 15 is 0 Å². The average molecular weight is 233 g/mol. The summed E-state index contributed by atoms with van der Waals surface area (Å²) >= 11 is 1.64. The first-order chi connectivity index (χ1) is 7.72. The van der Waals surface area contributed by atoms with E-state index in [-0.39, 0.29) is 5.56 Å². The van der Waals surface area contributed by atoms with Crippen LogP contribution >= 0.6 is 11.3 Å². The number of aromatic nitrogens is 1. The molecule has 0 amide bonds. The summed E-state index contributed by atoms with van der Waals surface area (Å²) < 4.78 is 1.04. The Kier molecular flexibility index (Phi) is 3.34. The summed E-state index contributed by atoms with van der Waals surface area (Å²) in [6, 6.07) is 7.68. The molecule has 0 N–H and O–H groups in total. The maximum Gasteiger partial charge on any atom is 0.279 e. The molecule has 0 saturated carbocycles. The molecule has 1 aromatic heterocycles. The van der Waals surface area contributed by atoms with Crippen LogP contribution in [0.15, 0.2) is 29.1 Å². The fourth-order valence-electron chi connectivity index (χ4n) is 1.80. The minimum absolute atomic E-state index is 0.0905. The van der Waals surface area contributed by atoms with Crippen molar-refractivity contribution >= 4 is 21.4 Å². The third kappa shape index (κ3) is 2.14. The summed E-state index contributed by atoms with van der Waals surface area (Å²) in [6.07, 6.45) is 2.21. The lowest BCUT2D eigenvalue weighted by atomic mass is 10.1. The van der Waals surface area contributed by atoms with E-state index in [1.165, 1.54) is 0 Å². The van der Waals surface area contributed by atoms with E-state index in [1.54, 1.807) is 11.3 Å². The van der Waals surface area contributed by atoms with Crippen LogP contribution in [-0.2, 0) is 0 Å². The Morgan fingerprint density at radius 3 is 2.88 bits per heavy atom. The molecule has 0 radical (unpaired) electrons. The minimum atomic E-state index is -0.0905. The van der Waals surface area contributed by atoms with Gasteiger partial charge in [-0.2, -0.15) is 0 Å². The molecule has 0 saturated heterocycles. The summed E-state index contributed by atoms with van der Waals surface area (Å²) in [5, 5.41) is 1.70. The van der Waals surface area contributed by atoms with Crippen LogP contribution in [0.25, 0.3) is 10.1 Å². The van der Waals surface area contributed by atoms with Crippen LogP contribution in [0.1, 0.15) is 37.6 Å². The normalized spacial score (nSPS) is 12.9. The molecule has 0 aliphatic heterocycles. The Morgan fingerprint density at radius 1 is 1.38 bits per heavy atom. The van der Waals surface area contributed by atoms with E-state index in [1.807, 2.05) is 24.3 Å². The van der Waals surface area contributed by atoms with Gasteiger partial charge in [-0.1, -0.05) is 32.4 Å². The fourth-order valence-corrected chi connectivity index (χ4v) is 2.88. The highest BCUT2D eigenvalue weighted by atomic mass is 32.1. The molecular formula is C13H15NOS. The lowest BCUT2D eigenvalue weighted by Crippen LogP contribution is -2.09. The van der Waals surface area contributed by atoms with E-state index in [9.17, 15) is 4.79 Å². The summed E-state index contributed by atoms with van der Waals surface area (Å²) in [4.78, 5) is 16.0. The van der Waals surface area contributed by atoms with Crippen molar-refractivity contribution < 1.29 is 0 Å². The Bertz CT molecular complexity index is 547. The second kappa shape index (κ2) is 4.74. The van der Waals surface area contributed by atoms with Gasteiger partial charge in [0.25, 0.3) is 5.56 Å². The smallest absolute Gasteiger partial charge is 0.267 e.